The molecule has 7 heteroatoms. The maximum Gasteiger partial charge on any atom is 0.275 e. The summed E-state index contributed by atoms with van der Waals surface area (Å²) >= 11 is 0. The van der Waals surface area contributed by atoms with Crippen molar-refractivity contribution in [2.45, 2.75) is 31.3 Å². The van der Waals surface area contributed by atoms with E-state index in [9.17, 15) is 10.1 Å². The molecule has 1 atom stereocenters. The van der Waals surface area contributed by atoms with Gasteiger partial charge in [-0.15, -0.1) is 0 Å². The first-order valence-corrected chi connectivity index (χ1v) is 7.97. The van der Waals surface area contributed by atoms with Gasteiger partial charge in [0.2, 0.25) is 0 Å². The second-order valence-corrected chi connectivity index (χ2v) is 6.18. The second kappa shape index (κ2) is 8.09. The van der Waals surface area contributed by atoms with E-state index in [4.69, 9.17) is 4.74 Å². The summed E-state index contributed by atoms with van der Waals surface area (Å²) in [5, 5.41) is 13.7. The predicted octanol–water partition coefficient (Wildman–Crippen LogP) is 1.15. The Morgan fingerprint density at radius 3 is 2.78 bits per heavy atom. The number of carbonyl (C=O) groups excluding carboxylic acids is 1. The standard InChI is InChI=1S/C16H25N5O2/c1-19(2)8-4-14(12-17)20(3)16(22)15-5-9-21(18-15)13-6-10-23-11-7-13/h5,9,13-14H,4,6-8,10-11H2,1-3H3/t14-/m1/s1. The molecule has 1 aliphatic rings. The van der Waals surface area contributed by atoms with Crippen molar-refractivity contribution in [1.82, 2.24) is 19.6 Å². The molecule has 1 aliphatic heterocycles. The second-order valence-electron chi connectivity index (χ2n) is 6.18. The van der Waals surface area contributed by atoms with Crippen molar-refractivity contribution >= 4 is 5.91 Å². The molecule has 2 rings (SSSR count). The maximum atomic E-state index is 12.5. The van der Waals surface area contributed by atoms with Crippen molar-refractivity contribution in [1.29, 1.82) is 5.26 Å². The molecule has 1 aromatic rings. The Morgan fingerprint density at radius 1 is 1.48 bits per heavy atom. The highest BCUT2D eigenvalue weighted by Crippen LogP contribution is 2.20. The molecule has 23 heavy (non-hydrogen) atoms. The average molecular weight is 319 g/mol. The molecular weight excluding hydrogens is 294 g/mol. The van der Waals surface area contributed by atoms with Crippen LogP contribution in [0.5, 0.6) is 0 Å². The van der Waals surface area contributed by atoms with Crippen molar-refractivity contribution in [3.05, 3.63) is 18.0 Å². The van der Waals surface area contributed by atoms with Crippen LogP contribution in [0, 0.1) is 11.3 Å². The summed E-state index contributed by atoms with van der Waals surface area (Å²) in [5.41, 5.74) is 0.393. The third kappa shape index (κ3) is 4.53. The number of ether oxygens (including phenoxy) is 1. The summed E-state index contributed by atoms with van der Waals surface area (Å²) in [6.45, 7) is 2.22. The number of nitriles is 1. The number of hydrogen-bond donors (Lipinski definition) is 0. The first-order valence-electron chi connectivity index (χ1n) is 7.97. The molecule has 2 heterocycles. The number of nitrogens with zero attached hydrogens (tertiary/aromatic N) is 5. The summed E-state index contributed by atoms with van der Waals surface area (Å²) in [4.78, 5) is 16.0. The van der Waals surface area contributed by atoms with E-state index in [1.165, 1.54) is 4.90 Å². The topological polar surface area (TPSA) is 74.4 Å². The molecule has 126 valence electrons. The molecule has 7 nitrogen and oxygen atoms in total. The van der Waals surface area contributed by atoms with E-state index in [2.05, 4.69) is 11.2 Å². The van der Waals surface area contributed by atoms with Crippen LogP contribution in [0.2, 0.25) is 0 Å². The number of amides is 1. The van der Waals surface area contributed by atoms with Crippen LogP contribution >= 0.6 is 0 Å². The Kier molecular flexibility index (Phi) is 6.13. The van der Waals surface area contributed by atoms with E-state index < -0.39 is 6.04 Å². The lowest BCUT2D eigenvalue weighted by Crippen LogP contribution is -2.38. The van der Waals surface area contributed by atoms with Crippen LogP contribution in [-0.4, -0.2) is 72.4 Å². The minimum Gasteiger partial charge on any atom is -0.381 e. The fourth-order valence-electron chi connectivity index (χ4n) is 2.65. The van der Waals surface area contributed by atoms with Crippen molar-refractivity contribution in [2.75, 3.05) is 40.9 Å². The summed E-state index contributed by atoms with van der Waals surface area (Å²) in [6, 6.07) is 3.78. The largest absolute Gasteiger partial charge is 0.381 e. The van der Waals surface area contributed by atoms with Crippen LogP contribution in [-0.2, 0) is 4.74 Å². The van der Waals surface area contributed by atoms with E-state index in [-0.39, 0.29) is 11.9 Å². The highest BCUT2D eigenvalue weighted by Gasteiger charge is 2.24. The SMILES string of the molecule is CN(C)CC[C@H](C#N)N(C)C(=O)c1ccn(C2CCOCC2)n1. The quantitative estimate of drug-likeness (QED) is 0.786. The van der Waals surface area contributed by atoms with Gasteiger partial charge in [-0.25, -0.2) is 0 Å². The highest BCUT2D eigenvalue weighted by atomic mass is 16.5. The van der Waals surface area contributed by atoms with Gasteiger partial charge in [-0.2, -0.15) is 10.4 Å². The van der Waals surface area contributed by atoms with Crippen LogP contribution in [0.4, 0.5) is 0 Å². The molecule has 1 saturated heterocycles. The third-order valence-electron chi connectivity index (χ3n) is 4.18. The van der Waals surface area contributed by atoms with E-state index in [1.807, 2.05) is 29.9 Å². The predicted molar refractivity (Wildman–Crippen MR) is 86.0 cm³/mol. The fraction of sp³-hybridized carbons (Fsp3) is 0.688. The summed E-state index contributed by atoms with van der Waals surface area (Å²) in [7, 11) is 5.57. The summed E-state index contributed by atoms with van der Waals surface area (Å²) in [6.07, 6.45) is 4.29. The fourth-order valence-corrected chi connectivity index (χ4v) is 2.65. The number of rotatable bonds is 6. The van der Waals surface area contributed by atoms with Gasteiger partial charge >= 0.3 is 0 Å². The normalized spacial score (nSPS) is 17.0. The average Bonchev–Trinajstić information content (AvgIpc) is 3.05. The number of hydrogen-bond acceptors (Lipinski definition) is 5. The lowest BCUT2D eigenvalue weighted by atomic mass is 10.1. The van der Waals surface area contributed by atoms with Gasteiger partial charge in [0.25, 0.3) is 5.91 Å². The summed E-state index contributed by atoms with van der Waals surface area (Å²) in [5.74, 6) is -0.207. The molecule has 0 aliphatic carbocycles. The third-order valence-corrected chi connectivity index (χ3v) is 4.18. The van der Waals surface area contributed by atoms with Crippen molar-refractivity contribution < 1.29 is 9.53 Å². The van der Waals surface area contributed by atoms with Crippen molar-refractivity contribution in [3.8, 4) is 6.07 Å². The van der Waals surface area contributed by atoms with Gasteiger partial charge in [0.1, 0.15) is 11.7 Å². The molecule has 0 N–H and O–H groups in total. The van der Waals surface area contributed by atoms with Gasteiger partial charge < -0.3 is 14.5 Å². The molecule has 1 aromatic heterocycles. The molecule has 0 bridgehead atoms. The monoisotopic (exact) mass is 319 g/mol. The zero-order valence-electron chi connectivity index (χ0n) is 14.1. The first kappa shape index (κ1) is 17.4. The van der Waals surface area contributed by atoms with Crippen LogP contribution in [0.1, 0.15) is 35.8 Å². The smallest absolute Gasteiger partial charge is 0.275 e. The van der Waals surface area contributed by atoms with Crippen molar-refractivity contribution in [2.24, 2.45) is 0 Å². The zero-order valence-corrected chi connectivity index (χ0v) is 14.1. The van der Waals surface area contributed by atoms with Gasteiger partial charge in [-0.05, 0) is 39.4 Å². The highest BCUT2D eigenvalue weighted by molar-refractivity contribution is 5.92. The Hall–Kier alpha value is -1.91. The molecule has 0 radical (unpaired) electrons. The van der Waals surface area contributed by atoms with Crippen LogP contribution in [0.15, 0.2) is 12.3 Å². The Morgan fingerprint density at radius 2 is 2.17 bits per heavy atom. The lowest BCUT2D eigenvalue weighted by molar-refractivity contribution is 0.0654. The summed E-state index contributed by atoms with van der Waals surface area (Å²) < 4.78 is 7.20. The van der Waals surface area contributed by atoms with Gasteiger partial charge in [0.15, 0.2) is 0 Å². The molecular formula is C16H25N5O2. The van der Waals surface area contributed by atoms with Gasteiger partial charge in [0, 0.05) is 33.0 Å². The Balaban J connectivity index is 2.01. The minimum atomic E-state index is -0.446. The van der Waals surface area contributed by atoms with E-state index >= 15 is 0 Å². The lowest BCUT2D eigenvalue weighted by Gasteiger charge is -2.24. The van der Waals surface area contributed by atoms with E-state index in [0.29, 0.717) is 12.1 Å². The van der Waals surface area contributed by atoms with E-state index in [1.54, 1.807) is 13.1 Å². The van der Waals surface area contributed by atoms with Crippen molar-refractivity contribution in [3.63, 3.8) is 0 Å². The molecule has 1 fully saturated rings. The molecule has 0 spiro atoms. The molecule has 0 saturated carbocycles. The van der Waals surface area contributed by atoms with Gasteiger partial charge in [-0.3, -0.25) is 9.48 Å². The molecule has 0 unspecified atom stereocenters. The zero-order chi connectivity index (χ0) is 16.8. The number of aromatic nitrogens is 2. The maximum absolute atomic E-state index is 12.5. The van der Waals surface area contributed by atoms with Gasteiger partial charge in [-0.1, -0.05) is 0 Å². The van der Waals surface area contributed by atoms with Crippen LogP contribution in [0.3, 0.4) is 0 Å². The Labute approximate surface area is 137 Å². The molecule has 1 amide bonds. The van der Waals surface area contributed by atoms with Crippen LogP contribution in [0.25, 0.3) is 0 Å². The first-order chi connectivity index (χ1) is 11.0. The van der Waals surface area contributed by atoms with E-state index in [0.717, 1.165) is 32.6 Å². The Bertz CT molecular complexity index is 557. The van der Waals surface area contributed by atoms with Crippen LogP contribution < -0.4 is 0 Å². The minimum absolute atomic E-state index is 0.207. The van der Waals surface area contributed by atoms with Gasteiger partial charge in [0.05, 0.1) is 12.1 Å². The molecule has 0 aromatic carbocycles. The number of carbonyl (C=O) groups is 1.